The Morgan fingerprint density at radius 1 is 1.19 bits per heavy atom. The van der Waals surface area contributed by atoms with E-state index in [4.69, 9.17) is 9.15 Å². The van der Waals surface area contributed by atoms with Crippen LogP contribution in [0.4, 0.5) is 0 Å². The summed E-state index contributed by atoms with van der Waals surface area (Å²) in [4.78, 5) is 12.8. The Balaban J connectivity index is 1.68. The van der Waals surface area contributed by atoms with Crippen molar-refractivity contribution in [2.75, 3.05) is 6.61 Å². The number of hydrogen-bond donors (Lipinski definition) is 1. The molecule has 0 saturated heterocycles. The van der Waals surface area contributed by atoms with E-state index in [1.54, 1.807) is 12.3 Å². The van der Waals surface area contributed by atoms with Gasteiger partial charge in [-0.15, -0.1) is 0 Å². The van der Waals surface area contributed by atoms with Crippen LogP contribution in [0.25, 0.3) is 27.7 Å². The molecule has 168 valence electrons. The first-order valence-electron chi connectivity index (χ1n) is 11.7. The van der Waals surface area contributed by atoms with E-state index in [0.29, 0.717) is 12.5 Å². The third-order valence-electron chi connectivity index (χ3n) is 6.55. The van der Waals surface area contributed by atoms with E-state index >= 15 is 0 Å². The first-order valence-corrected chi connectivity index (χ1v) is 11.7. The Kier molecular flexibility index (Phi) is 6.69. The Labute approximate surface area is 190 Å². The van der Waals surface area contributed by atoms with Gasteiger partial charge in [0.25, 0.3) is 0 Å². The molecule has 1 heterocycles. The third-order valence-corrected chi connectivity index (χ3v) is 6.55. The average Bonchev–Trinajstić information content (AvgIpc) is 3.18. The summed E-state index contributed by atoms with van der Waals surface area (Å²) in [6, 6.07) is 12.7. The van der Waals surface area contributed by atoms with Gasteiger partial charge < -0.3 is 14.5 Å². The molecule has 1 aliphatic rings. The molecule has 1 fully saturated rings. The van der Waals surface area contributed by atoms with Crippen LogP contribution in [0, 0.1) is 12.8 Å². The standard InChI is InChI=1S/C28H33NO3/c1-5-31-26-16-27-23(24(17-32-27)21-12-10-18(2)11-13-21)15-22(26)20(4)14-28(30)29-25-9-7-6-8-19(25)3/h10-17,19,25H,5-9H2,1-4H3,(H,29,30)/b20-14+. The van der Waals surface area contributed by atoms with Crippen LogP contribution in [-0.2, 0) is 4.79 Å². The number of hydrogen-bond acceptors (Lipinski definition) is 3. The van der Waals surface area contributed by atoms with Gasteiger partial charge in [-0.1, -0.05) is 49.6 Å². The lowest BCUT2D eigenvalue weighted by atomic mass is 9.86. The third kappa shape index (κ3) is 4.74. The molecule has 0 aliphatic heterocycles. The summed E-state index contributed by atoms with van der Waals surface area (Å²) >= 11 is 0. The molecule has 3 aromatic rings. The Morgan fingerprint density at radius 2 is 1.94 bits per heavy atom. The minimum absolute atomic E-state index is 0.0326. The zero-order valence-corrected chi connectivity index (χ0v) is 19.5. The molecule has 1 N–H and O–H groups in total. The predicted molar refractivity (Wildman–Crippen MR) is 131 cm³/mol. The molecule has 4 nitrogen and oxygen atoms in total. The quantitative estimate of drug-likeness (QED) is 0.432. The number of nitrogens with one attached hydrogen (secondary N) is 1. The Morgan fingerprint density at radius 3 is 2.66 bits per heavy atom. The van der Waals surface area contributed by atoms with E-state index in [9.17, 15) is 4.79 Å². The van der Waals surface area contributed by atoms with E-state index in [1.165, 1.54) is 24.8 Å². The molecule has 2 atom stereocenters. The van der Waals surface area contributed by atoms with Gasteiger partial charge in [0, 0.05) is 34.7 Å². The van der Waals surface area contributed by atoms with E-state index in [-0.39, 0.29) is 11.9 Å². The predicted octanol–water partition coefficient (Wildman–Crippen LogP) is 6.91. The highest BCUT2D eigenvalue weighted by molar-refractivity contribution is 6.00. The number of fused-ring (bicyclic) bond motifs is 1. The number of furan rings is 1. The zero-order chi connectivity index (χ0) is 22.7. The highest BCUT2D eigenvalue weighted by Crippen LogP contribution is 2.37. The number of amides is 1. The summed E-state index contributed by atoms with van der Waals surface area (Å²) in [5.41, 5.74) is 5.94. The average molecular weight is 432 g/mol. The molecule has 0 spiro atoms. The summed E-state index contributed by atoms with van der Waals surface area (Å²) in [7, 11) is 0. The van der Waals surface area contributed by atoms with Crippen molar-refractivity contribution in [1.82, 2.24) is 5.32 Å². The largest absolute Gasteiger partial charge is 0.493 e. The van der Waals surface area contributed by atoms with Gasteiger partial charge in [0.1, 0.15) is 11.3 Å². The zero-order valence-electron chi connectivity index (χ0n) is 19.5. The number of carbonyl (C=O) groups excluding carboxylic acids is 1. The van der Waals surface area contributed by atoms with Crippen molar-refractivity contribution >= 4 is 22.4 Å². The topological polar surface area (TPSA) is 51.5 Å². The van der Waals surface area contributed by atoms with Crippen LogP contribution >= 0.6 is 0 Å². The van der Waals surface area contributed by atoms with Crippen LogP contribution in [-0.4, -0.2) is 18.6 Å². The van der Waals surface area contributed by atoms with E-state index in [2.05, 4.69) is 49.5 Å². The number of allylic oxidation sites excluding steroid dienone is 1. The summed E-state index contributed by atoms with van der Waals surface area (Å²) in [5, 5.41) is 4.24. The number of benzene rings is 2. The van der Waals surface area contributed by atoms with Gasteiger partial charge in [-0.2, -0.15) is 0 Å². The second kappa shape index (κ2) is 9.64. The van der Waals surface area contributed by atoms with Crippen LogP contribution in [0.2, 0.25) is 0 Å². The van der Waals surface area contributed by atoms with Crippen LogP contribution < -0.4 is 10.1 Å². The molecule has 4 heteroatoms. The number of aryl methyl sites for hydroxylation is 1. The van der Waals surface area contributed by atoms with Crippen LogP contribution in [0.5, 0.6) is 5.75 Å². The lowest BCUT2D eigenvalue weighted by molar-refractivity contribution is -0.117. The van der Waals surface area contributed by atoms with Crippen molar-refractivity contribution in [1.29, 1.82) is 0 Å². The molecule has 1 saturated carbocycles. The molecule has 1 aliphatic carbocycles. The molecule has 0 bridgehead atoms. The molecule has 2 unspecified atom stereocenters. The van der Waals surface area contributed by atoms with Crippen molar-refractivity contribution in [3.63, 3.8) is 0 Å². The van der Waals surface area contributed by atoms with Crippen molar-refractivity contribution in [2.45, 2.75) is 59.4 Å². The molecule has 2 aromatic carbocycles. The molecular weight excluding hydrogens is 398 g/mol. The summed E-state index contributed by atoms with van der Waals surface area (Å²) in [6.07, 6.45) is 8.19. The minimum Gasteiger partial charge on any atom is -0.493 e. The number of ether oxygens (including phenoxy) is 1. The van der Waals surface area contributed by atoms with Crippen molar-refractivity contribution in [3.05, 3.63) is 59.9 Å². The normalized spacial score (nSPS) is 19.2. The monoisotopic (exact) mass is 431 g/mol. The summed E-state index contributed by atoms with van der Waals surface area (Å²) in [5.74, 6) is 1.23. The van der Waals surface area contributed by atoms with Gasteiger partial charge in [-0.05, 0) is 56.7 Å². The van der Waals surface area contributed by atoms with Crippen LogP contribution in [0.15, 0.2) is 53.2 Å². The van der Waals surface area contributed by atoms with Gasteiger partial charge in [-0.3, -0.25) is 4.79 Å². The molecule has 0 radical (unpaired) electrons. The first-order chi connectivity index (χ1) is 15.5. The van der Waals surface area contributed by atoms with Crippen LogP contribution in [0.1, 0.15) is 57.6 Å². The lowest BCUT2D eigenvalue weighted by Gasteiger charge is -2.29. The molecule has 32 heavy (non-hydrogen) atoms. The van der Waals surface area contributed by atoms with E-state index in [0.717, 1.165) is 45.4 Å². The molecule has 4 rings (SSSR count). The maximum Gasteiger partial charge on any atom is 0.244 e. The van der Waals surface area contributed by atoms with E-state index in [1.807, 2.05) is 19.9 Å². The smallest absolute Gasteiger partial charge is 0.244 e. The number of carbonyl (C=O) groups is 1. The second-order valence-electron chi connectivity index (χ2n) is 9.00. The fourth-order valence-electron chi connectivity index (χ4n) is 4.62. The summed E-state index contributed by atoms with van der Waals surface area (Å²) < 4.78 is 11.8. The maximum absolute atomic E-state index is 12.8. The van der Waals surface area contributed by atoms with E-state index < -0.39 is 0 Å². The summed E-state index contributed by atoms with van der Waals surface area (Å²) in [6.45, 7) is 8.79. The van der Waals surface area contributed by atoms with Crippen LogP contribution in [0.3, 0.4) is 0 Å². The fourth-order valence-corrected chi connectivity index (χ4v) is 4.62. The number of rotatable bonds is 6. The Bertz CT molecular complexity index is 1120. The molecule has 1 aromatic heterocycles. The van der Waals surface area contributed by atoms with Gasteiger partial charge in [0.15, 0.2) is 0 Å². The van der Waals surface area contributed by atoms with Gasteiger partial charge in [-0.25, -0.2) is 0 Å². The Hall–Kier alpha value is -3.01. The van der Waals surface area contributed by atoms with Crippen molar-refractivity contribution < 1.29 is 13.9 Å². The molecular formula is C28H33NO3. The minimum atomic E-state index is -0.0326. The van der Waals surface area contributed by atoms with Crippen molar-refractivity contribution in [3.8, 4) is 16.9 Å². The SMILES string of the molecule is CCOc1cc2occ(-c3ccc(C)cc3)c2cc1/C(C)=C/C(=O)NC1CCCCC1C. The molecule has 1 amide bonds. The van der Waals surface area contributed by atoms with Gasteiger partial charge >= 0.3 is 0 Å². The maximum atomic E-state index is 12.8. The van der Waals surface area contributed by atoms with Gasteiger partial charge in [0.2, 0.25) is 5.91 Å². The second-order valence-corrected chi connectivity index (χ2v) is 9.00. The first kappa shape index (κ1) is 22.2. The fraction of sp³-hybridized carbons (Fsp3) is 0.393. The highest BCUT2D eigenvalue weighted by atomic mass is 16.5. The van der Waals surface area contributed by atoms with Gasteiger partial charge in [0.05, 0.1) is 12.9 Å². The highest BCUT2D eigenvalue weighted by Gasteiger charge is 2.22. The lowest BCUT2D eigenvalue weighted by Crippen LogP contribution is -2.40. The van der Waals surface area contributed by atoms with Crippen molar-refractivity contribution in [2.24, 2.45) is 5.92 Å².